The third kappa shape index (κ3) is 12.1. The Morgan fingerprint density at radius 3 is 2.42 bits per heavy atom. The number of halogens is 3. The van der Waals surface area contributed by atoms with Crippen LogP contribution in [0.15, 0.2) is 12.2 Å². The molecule has 0 aromatic carbocycles. The minimum atomic E-state index is -0.927. The minimum absolute atomic E-state index is 0.721. The molecule has 0 amide bonds. The Labute approximate surface area is 114 Å². The van der Waals surface area contributed by atoms with Crippen molar-refractivity contribution in [1.82, 2.24) is 0 Å². The maximum Gasteiger partial charge on any atom is 0.253 e. The average Bonchev–Trinajstić information content (AvgIpc) is 1.83. The van der Waals surface area contributed by atoms with Crippen LogP contribution in [0.3, 0.4) is 0 Å². The Morgan fingerprint density at radius 1 is 1.42 bits per heavy atom. The lowest BCUT2D eigenvalue weighted by atomic mass is 10.4. The summed E-state index contributed by atoms with van der Waals surface area (Å²) in [6, 6.07) is 1.32. The van der Waals surface area contributed by atoms with Gasteiger partial charge in [-0.2, -0.15) is 0 Å². The summed E-state index contributed by atoms with van der Waals surface area (Å²) in [6.07, 6.45) is 1.19. The van der Waals surface area contributed by atoms with Gasteiger partial charge < -0.3 is 4.74 Å². The van der Waals surface area contributed by atoms with Gasteiger partial charge >= 0.3 is 0 Å². The number of ether oxygens (including phenoxy) is 1. The minimum Gasteiger partial charge on any atom is -0.377 e. The Balaban J connectivity index is 3.17. The van der Waals surface area contributed by atoms with Gasteiger partial charge in [-0.25, -0.2) is 0 Å². The van der Waals surface area contributed by atoms with E-state index in [9.17, 15) is 0 Å². The monoisotopic (exact) mass is 522 g/mol. The summed E-state index contributed by atoms with van der Waals surface area (Å²) < 4.78 is 4.48. The van der Waals surface area contributed by atoms with Gasteiger partial charge in [0.05, 0.1) is 6.61 Å². The van der Waals surface area contributed by atoms with Crippen molar-refractivity contribution in [2.24, 2.45) is 0 Å². The van der Waals surface area contributed by atoms with E-state index < -0.39 is 0.564 Å². The summed E-state index contributed by atoms with van der Waals surface area (Å²) in [5, 5.41) is 0. The molecular weight excluding hydrogens is 509 g/mol. The predicted molar refractivity (Wildman–Crippen MR) is 82.9 cm³/mol. The van der Waals surface area contributed by atoms with Gasteiger partial charge in [-0.1, -0.05) is 77.5 Å². The number of rotatable bonds is 6. The van der Waals surface area contributed by atoms with E-state index in [1.54, 1.807) is 0 Å². The van der Waals surface area contributed by atoms with Crippen LogP contribution >= 0.6 is 65.4 Å². The number of hydrogen-bond acceptors (Lipinski definition) is 1. The fourth-order valence-electron chi connectivity index (χ4n) is 0.621. The second-order valence-electron chi connectivity index (χ2n) is 2.73. The van der Waals surface area contributed by atoms with Crippen LogP contribution in [-0.4, -0.2) is 13.8 Å². The van der Waals surface area contributed by atoms with Crippen molar-refractivity contribution in [3.8, 4) is 0 Å². The lowest BCUT2D eigenvalue weighted by molar-refractivity contribution is 0.157. The first-order valence-electron chi connectivity index (χ1n) is 3.70. The summed E-state index contributed by atoms with van der Waals surface area (Å²) in [4.78, 5) is 0. The standard InChI is InChI=1S/C7H13I3OSi/c1-7(2)6-11-4-3-5-12(8,9)10/h1,3-6H2,2H3. The molecule has 0 fully saturated rings. The third-order valence-corrected chi connectivity index (χ3v) is 6.87. The molecule has 0 bridgehead atoms. The van der Waals surface area contributed by atoms with Crippen LogP contribution in [0.4, 0.5) is 0 Å². The molecule has 5 heteroatoms. The first kappa shape index (κ1) is 14.1. The first-order valence-corrected chi connectivity index (χ1v) is 15.3. The van der Waals surface area contributed by atoms with Crippen molar-refractivity contribution in [3.05, 3.63) is 12.2 Å². The summed E-state index contributed by atoms with van der Waals surface area (Å²) in [7, 11) is 0. The van der Waals surface area contributed by atoms with Gasteiger partial charge in [0.1, 0.15) is 0 Å². The summed E-state index contributed by atoms with van der Waals surface area (Å²) in [6.45, 7) is 7.38. The van der Waals surface area contributed by atoms with E-state index in [2.05, 4.69) is 72.0 Å². The van der Waals surface area contributed by atoms with Gasteiger partial charge in [0.15, 0.2) is 0 Å². The lowest BCUT2D eigenvalue weighted by Gasteiger charge is -2.08. The van der Waals surface area contributed by atoms with Crippen molar-refractivity contribution in [3.63, 3.8) is 0 Å². The van der Waals surface area contributed by atoms with Crippen molar-refractivity contribution in [2.75, 3.05) is 13.2 Å². The highest BCUT2D eigenvalue weighted by Gasteiger charge is 2.20. The van der Waals surface area contributed by atoms with E-state index in [1.165, 1.54) is 12.5 Å². The molecule has 0 saturated carbocycles. The Hall–Kier alpha value is 2.11. The molecule has 0 heterocycles. The average molecular weight is 522 g/mol. The molecule has 72 valence electrons. The third-order valence-electron chi connectivity index (χ3n) is 1.10. The molecule has 0 spiro atoms. The van der Waals surface area contributed by atoms with Crippen molar-refractivity contribution < 1.29 is 4.74 Å². The summed E-state index contributed by atoms with van der Waals surface area (Å²) in [5.74, 6) is 0. The first-order chi connectivity index (χ1) is 5.42. The van der Waals surface area contributed by atoms with E-state index in [-0.39, 0.29) is 0 Å². The van der Waals surface area contributed by atoms with Crippen LogP contribution < -0.4 is 0 Å². The zero-order chi connectivity index (χ0) is 9.61. The maximum atomic E-state index is 5.40. The van der Waals surface area contributed by atoms with Gasteiger partial charge in [-0.15, -0.1) is 0 Å². The van der Waals surface area contributed by atoms with Crippen LogP contribution in [-0.2, 0) is 4.74 Å². The van der Waals surface area contributed by atoms with E-state index in [1.807, 2.05) is 6.92 Å². The second-order valence-corrected chi connectivity index (χ2v) is 39.6. The fraction of sp³-hybridized carbons (Fsp3) is 0.714. The Bertz CT molecular complexity index is 144. The van der Waals surface area contributed by atoms with Crippen LogP contribution in [0.1, 0.15) is 13.3 Å². The fourth-order valence-corrected chi connectivity index (χ4v) is 4.60. The molecule has 0 aromatic rings. The molecule has 0 aliphatic carbocycles. The topological polar surface area (TPSA) is 9.23 Å². The van der Waals surface area contributed by atoms with E-state index in [0.717, 1.165) is 18.8 Å². The van der Waals surface area contributed by atoms with Crippen LogP contribution in [0.5, 0.6) is 0 Å². The molecule has 0 saturated heterocycles. The molecule has 0 rings (SSSR count). The smallest absolute Gasteiger partial charge is 0.253 e. The van der Waals surface area contributed by atoms with Gasteiger partial charge in [-0.3, -0.25) is 0 Å². The quantitative estimate of drug-likeness (QED) is 0.167. The zero-order valence-corrected chi connectivity index (χ0v) is 14.6. The molecule has 0 N–H and O–H groups in total. The summed E-state index contributed by atoms with van der Waals surface area (Å²) in [5.41, 5.74) is 1.11. The predicted octanol–water partition coefficient (Wildman–Crippen LogP) is 4.21. The van der Waals surface area contributed by atoms with Crippen molar-refractivity contribution >= 4 is 66.0 Å². The highest BCUT2D eigenvalue weighted by molar-refractivity contribution is 14.4. The molecule has 0 atom stereocenters. The van der Waals surface area contributed by atoms with E-state index >= 15 is 0 Å². The van der Waals surface area contributed by atoms with Crippen LogP contribution in [0, 0.1) is 0 Å². The van der Waals surface area contributed by atoms with Crippen LogP contribution in [0.25, 0.3) is 0 Å². The highest BCUT2D eigenvalue weighted by Crippen LogP contribution is 2.34. The normalized spacial score (nSPS) is 11.7. The van der Waals surface area contributed by atoms with Gasteiger partial charge in [0.25, 0.3) is 0.564 Å². The van der Waals surface area contributed by atoms with Crippen molar-refractivity contribution in [1.29, 1.82) is 0 Å². The zero-order valence-electron chi connectivity index (χ0n) is 7.08. The summed E-state index contributed by atoms with van der Waals surface area (Å²) >= 11 is 7.74. The van der Waals surface area contributed by atoms with Crippen LogP contribution in [0.2, 0.25) is 6.04 Å². The molecular formula is C7H13I3OSi. The Kier molecular flexibility index (Phi) is 8.71. The largest absolute Gasteiger partial charge is 0.377 e. The Morgan fingerprint density at radius 2 is 2.00 bits per heavy atom. The molecule has 12 heavy (non-hydrogen) atoms. The van der Waals surface area contributed by atoms with Crippen molar-refractivity contribution in [2.45, 2.75) is 19.4 Å². The molecule has 0 aliphatic rings. The second kappa shape index (κ2) is 7.41. The molecule has 0 aromatic heterocycles. The molecule has 1 nitrogen and oxygen atoms in total. The maximum absolute atomic E-state index is 5.40. The van der Waals surface area contributed by atoms with E-state index in [0.29, 0.717) is 0 Å². The molecule has 0 radical (unpaired) electrons. The van der Waals surface area contributed by atoms with Gasteiger partial charge in [-0.05, 0) is 19.4 Å². The van der Waals surface area contributed by atoms with Gasteiger partial charge in [0, 0.05) is 6.61 Å². The molecule has 0 aliphatic heterocycles. The highest BCUT2D eigenvalue weighted by atomic mass is 127. The number of hydrogen-bond donors (Lipinski definition) is 0. The SMILES string of the molecule is C=C(C)COCCC[Si](I)(I)I. The lowest BCUT2D eigenvalue weighted by Crippen LogP contribution is -2.07. The molecule has 0 unspecified atom stereocenters. The van der Waals surface area contributed by atoms with Gasteiger partial charge in [0.2, 0.25) is 0 Å². The van der Waals surface area contributed by atoms with E-state index in [4.69, 9.17) is 4.74 Å².